The van der Waals surface area contributed by atoms with Crippen LogP contribution in [0.4, 0.5) is 5.69 Å². The zero-order valence-electron chi connectivity index (χ0n) is 13.1. The van der Waals surface area contributed by atoms with Crippen molar-refractivity contribution in [3.63, 3.8) is 0 Å². The fraction of sp³-hybridized carbons (Fsp3) is 0.278. The lowest BCUT2D eigenvalue weighted by molar-refractivity contribution is -0.385. The molecule has 2 aromatic rings. The second-order valence-corrected chi connectivity index (χ2v) is 5.86. The Morgan fingerprint density at radius 3 is 2.42 bits per heavy atom. The molecule has 0 spiro atoms. The topological polar surface area (TPSA) is 81.5 Å². The van der Waals surface area contributed by atoms with Gasteiger partial charge in [0.25, 0.3) is 5.91 Å². The minimum Gasteiger partial charge on any atom is -0.477 e. The summed E-state index contributed by atoms with van der Waals surface area (Å²) in [6.45, 7) is -0.251. The molecule has 1 amide bonds. The van der Waals surface area contributed by atoms with E-state index >= 15 is 0 Å². The lowest BCUT2D eigenvalue weighted by atomic mass is 9.72. The predicted octanol–water partition coefficient (Wildman–Crippen LogP) is 3.17. The Bertz CT molecular complexity index is 742. The van der Waals surface area contributed by atoms with Crippen LogP contribution in [0.3, 0.4) is 0 Å². The molecule has 6 nitrogen and oxygen atoms in total. The van der Waals surface area contributed by atoms with E-state index in [0.29, 0.717) is 0 Å². The van der Waals surface area contributed by atoms with Gasteiger partial charge in [-0.1, -0.05) is 42.5 Å². The normalized spacial score (nSPS) is 15.2. The molecule has 6 heteroatoms. The van der Waals surface area contributed by atoms with Gasteiger partial charge in [-0.2, -0.15) is 0 Å². The molecule has 3 rings (SSSR count). The summed E-state index contributed by atoms with van der Waals surface area (Å²) in [5.74, 6) is -0.184. The number of benzene rings is 2. The summed E-state index contributed by atoms with van der Waals surface area (Å²) < 4.78 is 5.36. The fourth-order valence-corrected chi connectivity index (χ4v) is 2.95. The van der Waals surface area contributed by atoms with Gasteiger partial charge in [0.2, 0.25) is 0 Å². The Hall–Kier alpha value is -2.89. The molecule has 24 heavy (non-hydrogen) atoms. The van der Waals surface area contributed by atoms with E-state index in [9.17, 15) is 14.9 Å². The van der Waals surface area contributed by atoms with Gasteiger partial charge in [0.15, 0.2) is 12.4 Å². The van der Waals surface area contributed by atoms with Crippen molar-refractivity contribution in [2.75, 3.05) is 6.61 Å². The summed E-state index contributed by atoms with van der Waals surface area (Å²) in [4.78, 5) is 22.7. The number of carbonyl (C=O) groups is 1. The van der Waals surface area contributed by atoms with Crippen LogP contribution >= 0.6 is 0 Å². The smallest absolute Gasteiger partial charge is 0.310 e. The molecular weight excluding hydrogens is 308 g/mol. The van der Waals surface area contributed by atoms with Crippen molar-refractivity contribution in [3.8, 4) is 5.75 Å². The number of amides is 1. The molecular formula is C18H18N2O4. The van der Waals surface area contributed by atoms with Gasteiger partial charge in [-0.25, -0.2) is 0 Å². The van der Waals surface area contributed by atoms with Crippen LogP contribution in [0, 0.1) is 10.1 Å². The van der Waals surface area contributed by atoms with E-state index in [1.807, 2.05) is 30.3 Å². The van der Waals surface area contributed by atoms with Gasteiger partial charge in [0, 0.05) is 6.07 Å². The van der Waals surface area contributed by atoms with Crippen LogP contribution in [0.1, 0.15) is 24.8 Å². The molecule has 0 bridgehead atoms. The van der Waals surface area contributed by atoms with Gasteiger partial charge in [-0.15, -0.1) is 0 Å². The van der Waals surface area contributed by atoms with Gasteiger partial charge >= 0.3 is 5.69 Å². The number of hydrogen-bond donors (Lipinski definition) is 1. The number of para-hydroxylation sites is 2. The highest BCUT2D eigenvalue weighted by atomic mass is 16.6. The van der Waals surface area contributed by atoms with Crippen molar-refractivity contribution < 1.29 is 14.5 Å². The Kier molecular flexibility index (Phi) is 4.46. The van der Waals surface area contributed by atoms with Gasteiger partial charge in [-0.3, -0.25) is 14.9 Å². The number of carbonyl (C=O) groups excluding carboxylic acids is 1. The van der Waals surface area contributed by atoms with Crippen LogP contribution in [-0.2, 0) is 10.3 Å². The highest BCUT2D eigenvalue weighted by Gasteiger charge is 2.39. The second-order valence-electron chi connectivity index (χ2n) is 5.86. The number of nitro groups is 1. The van der Waals surface area contributed by atoms with Crippen LogP contribution in [0.25, 0.3) is 0 Å². The second kappa shape index (κ2) is 6.70. The van der Waals surface area contributed by atoms with Gasteiger partial charge in [0.1, 0.15) is 0 Å². The molecule has 0 heterocycles. The first-order valence-electron chi connectivity index (χ1n) is 7.83. The van der Waals surface area contributed by atoms with E-state index in [1.54, 1.807) is 12.1 Å². The Morgan fingerprint density at radius 1 is 1.12 bits per heavy atom. The summed E-state index contributed by atoms with van der Waals surface area (Å²) >= 11 is 0. The molecule has 1 fully saturated rings. The summed E-state index contributed by atoms with van der Waals surface area (Å²) in [5, 5.41) is 14.0. The van der Waals surface area contributed by atoms with Crippen molar-refractivity contribution in [1.29, 1.82) is 0 Å². The van der Waals surface area contributed by atoms with Crippen molar-refractivity contribution in [3.05, 3.63) is 70.3 Å². The maximum Gasteiger partial charge on any atom is 0.310 e. The first kappa shape index (κ1) is 16.0. The van der Waals surface area contributed by atoms with Crippen molar-refractivity contribution in [2.45, 2.75) is 24.8 Å². The van der Waals surface area contributed by atoms with Crippen LogP contribution in [0.2, 0.25) is 0 Å². The SMILES string of the molecule is O=C(COc1ccccc1[N+](=O)[O-])NC1(c2ccccc2)CCC1. The molecule has 124 valence electrons. The van der Waals surface area contributed by atoms with E-state index in [1.165, 1.54) is 12.1 Å². The van der Waals surface area contributed by atoms with E-state index in [0.717, 1.165) is 24.8 Å². The number of hydrogen-bond acceptors (Lipinski definition) is 4. The Labute approximate surface area is 139 Å². The minimum absolute atomic E-state index is 0.0972. The molecule has 0 atom stereocenters. The van der Waals surface area contributed by atoms with Gasteiger partial charge in [-0.05, 0) is 30.9 Å². The first-order valence-corrected chi connectivity index (χ1v) is 7.83. The lowest BCUT2D eigenvalue weighted by Gasteiger charge is -2.43. The average molecular weight is 326 g/mol. The number of nitro benzene ring substituents is 1. The lowest BCUT2D eigenvalue weighted by Crippen LogP contribution is -2.52. The molecule has 0 saturated heterocycles. The van der Waals surface area contributed by atoms with E-state index < -0.39 is 4.92 Å². The number of rotatable bonds is 6. The molecule has 2 aromatic carbocycles. The van der Waals surface area contributed by atoms with Crippen LogP contribution in [-0.4, -0.2) is 17.4 Å². The molecule has 1 saturated carbocycles. The molecule has 0 aliphatic heterocycles. The predicted molar refractivity (Wildman–Crippen MR) is 88.7 cm³/mol. The molecule has 0 unspecified atom stereocenters. The third kappa shape index (κ3) is 3.22. The number of ether oxygens (including phenoxy) is 1. The average Bonchev–Trinajstić information content (AvgIpc) is 2.57. The maximum absolute atomic E-state index is 12.3. The molecule has 1 N–H and O–H groups in total. The van der Waals surface area contributed by atoms with Crippen LogP contribution < -0.4 is 10.1 Å². The fourth-order valence-electron chi connectivity index (χ4n) is 2.95. The van der Waals surface area contributed by atoms with Crippen molar-refractivity contribution >= 4 is 11.6 Å². The summed E-state index contributed by atoms with van der Waals surface area (Å²) in [5.41, 5.74) is 0.589. The zero-order chi connectivity index (χ0) is 17.0. The highest BCUT2D eigenvalue weighted by Crippen LogP contribution is 2.41. The quantitative estimate of drug-likeness (QED) is 0.653. The highest BCUT2D eigenvalue weighted by molar-refractivity contribution is 5.79. The largest absolute Gasteiger partial charge is 0.477 e. The monoisotopic (exact) mass is 326 g/mol. The zero-order valence-corrected chi connectivity index (χ0v) is 13.1. The number of nitrogens with one attached hydrogen (secondary N) is 1. The third-order valence-corrected chi connectivity index (χ3v) is 4.33. The third-order valence-electron chi connectivity index (χ3n) is 4.33. The van der Waals surface area contributed by atoms with E-state index in [2.05, 4.69) is 5.32 Å². The molecule has 0 radical (unpaired) electrons. The van der Waals surface area contributed by atoms with Crippen LogP contribution in [0.15, 0.2) is 54.6 Å². The van der Waals surface area contributed by atoms with E-state index in [4.69, 9.17) is 4.74 Å². The van der Waals surface area contributed by atoms with Gasteiger partial charge in [0.05, 0.1) is 10.5 Å². The Balaban J connectivity index is 1.65. The van der Waals surface area contributed by atoms with E-state index in [-0.39, 0.29) is 29.5 Å². The molecule has 1 aliphatic rings. The summed E-state index contributed by atoms with van der Waals surface area (Å²) in [6, 6.07) is 15.9. The first-order chi connectivity index (χ1) is 11.6. The number of nitrogens with zero attached hydrogens (tertiary/aromatic N) is 1. The van der Waals surface area contributed by atoms with Crippen molar-refractivity contribution in [1.82, 2.24) is 5.32 Å². The minimum atomic E-state index is -0.523. The molecule has 1 aliphatic carbocycles. The summed E-state index contributed by atoms with van der Waals surface area (Å²) in [7, 11) is 0. The molecule has 0 aromatic heterocycles. The Morgan fingerprint density at radius 2 is 1.79 bits per heavy atom. The van der Waals surface area contributed by atoms with Gasteiger partial charge < -0.3 is 10.1 Å². The maximum atomic E-state index is 12.3. The van der Waals surface area contributed by atoms with Crippen molar-refractivity contribution in [2.24, 2.45) is 0 Å². The van der Waals surface area contributed by atoms with Crippen LogP contribution in [0.5, 0.6) is 5.75 Å². The summed E-state index contributed by atoms with van der Waals surface area (Å²) in [6.07, 6.45) is 2.82. The standard InChI is InChI=1S/C18H18N2O4/c21-17(13-24-16-10-5-4-9-15(16)20(22)23)19-18(11-6-12-18)14-7-2-1-3-8-14/h1-5,7-10H,6,11-13H2,(H,19,21).